The molecule has 0 saturated carbocycles. The van der Waals surface area contributed by atoms with Gasteiger partial charge in [0.15, 0.2) is 22.5 Å². The van der Waals surface area contributed by atoms with E-state index in [4.69, 9.17) is 4.42 Å². The molecule has 0 spiro atoms. The third-order valence-corrected chi connectivity index (χ3v) is 4.93. The van der Waals surface area contributed by atoms with E-state index in [2.05, 4.69) is 10.3 Å². The first-order chi connectivity index (χ1) is 13.5. The summed E-state index contributed by atoms with van der Waals surface area (Å²) >= 11 is 1.24. The number of aromatic nitrogens is 1. The van der Waals surface area contributed by atoms with Crippen molar-refractivity contribution in [2.45, 2.75) is 0 Å². The largest absolute Gasteiger partial charge is 0.463 e. The number of hydrogen-bond acceptors (Lipinski definition) is 5. The van der Waals surface area contributed by atoms with Crippen molar-refractivity contribution in [3.63, 3.8) is 0 Å². The van der Waals surface area contributed by atoms with Gasteiger partial charge in [0.25, 0.3) is 0 Å². The molecule has 0 bridgehead atoms. The van der Waals surface area contributed by atoms with E-state index in [0.717, 1.165) is 12.1 Å². The fourth-order valence-electron chi connectivity index (χ4n) is 2.82. The van der Waals surface area contributed by atoms with Gasteiger partial charge in [0, 0.05) is 30.2 Å². The van der Waals surface area contributed by atoms with Crippen LogP contribution in [0.5, 0.6) is 0 Å². The second kappa shape index (κ2) is 7.39. The third-order valence-electron chi connectivity index (χ3n) is 4.17. The van der Waals surface area contributed by atoms with E-state index >= 15 is 0 Å². The number of amides is 3. The predicted molar refractivity (Wildman–Crippen MR) is 99.1 cm³/mol. The SMILES string of the molecule is O=C(CN1CCN(c2ccc(F)c(F)c2)C1=O)Nc1nc(-c2ccco2)cs1. The lowest BCUT2D eigenvalue weighted by atomic mass is 10.3. The molecule has 144 valence electrons. The van der Waals surface area contributed by atoms with Crippen LogP contribution in [-0.4, -0.2) is 41.5 Å². The average molecular weight is 404 g/mol. The second-order valence-electron chi connectivity index (χ2n) is 6.02. The summed E-state index contributed by atoms with van der Waals surface area (Å²) in [6.45, 7) is 0.395. The molecule has 0 aliphatic carbocycles. The van der Waals surface area contributed by atoms with Crippen molar-refractivity contribution in [2.24, 2.45) is 0 Å². The molecule has 4 rings (SSSR count). The molecule has 1 N–H and O–H groups in total. The Labute approximate surface area is 162 Å². The number of furan rings is 1. The normalized spacial score (nSPS) is 14.0. The first-order valence-corrected chi connectivity index (χ1v) is 9.20. The summed E-state index contributed by atoms with van der Waals surface area (Å²) in [4.78, 5) is 31.6. The number of urea groups is 1. The molecule has 1 saturated heterocycles. The summed E-state index contributed by atoms with van der Waals surface area (Å²) in [6.07, 6.45) is 1.53. The van der Waals surface area contributed by atoms with Crippen LogP contribution in [0.1, 0.15) is 0 Å². The predicted octanol–water partition coefficient (Wildman–Crippen LogP) is 3.56. The van der Waals surface area contributed by atoms with Crippen molar-refractivity contribution in [3.8, 4) is 11.5 Å². The number of carbonyl (C=O) groups is 2. The maximum absolute atomic E-state index is 13.4. The van der Waals surface area contributed by atoms with Gasteiger partial charge in [-0.3, -0.25) is 9.69 Å². The topological polar surface area (TPSA) is 78.7 Å². The Bertz CT molecular complexity index is 1020. The van der Waals surface area contributed by atoms with Crippen LogP contribution in [0.3, 0.4) is 0 Å². The number of carbonyl (C=O) groups excluding carboxylic acids is 2. The molecule has 1 aromatic carbocycles. The van der Waals surface area contributed by atoms with E-state index in [-0.39, 0.29) is 18.8 Å². The van der Waals surface area contributed by atoms with Gasteiger partial charge in [-0.05, 0) is 24.3 Å². The Morgan fingerprint density at radius 3 is 2.86 bits per heavy atom. The molecule has 0 unspecified atom stereocenters. The molecule has 1 aliphatic rings. The van der Waals surface area contributed by atoms with Gasteiger partial charge in [-0.2, -0.15) is 0 Å². The van der Waals surface area contributed by atoms with E-state index in [1.54, 1.807) is 17.5 Å². The van der Waals surface area contributed by atoms with Gasteiger partial charge in [-0.15, -0.1) is 11.3 Å². The molecular formula is C18H14F2N4O3S. The number of hydrogen-bond donors (Lipinski definition) is 1. The van der Waals surface area contributed by atoms with Crippen molar-refractivity contribution < 1.29 is 22.8 Å². The van der Waals surface area contributed by atoms with Gasteiger partial charge in [0.2, 0.25) is 5.91 Å². The summed E-state index contributed by atoms with van der Waals surface area (Å²) in [5.41, 5.74) is 0.849. The van der Waals surface area contributed by atoms with Crippen LogP contribution in [-0.2, 0) is 4.79 Å². The van der Waals surface area contributed by atoms with Gasteiger partial charge in [-0.1, -0.05) is 0 Å². The zero-order valence-electron chi connectivity index (χ0n) is 14.4. The molecule has 3 amide bonds. The number of anilines is 2. The lowest BCUT2D eigenvalue weighted by molar-refractivity contribution is -0.116. The highest BCUT2D eigenvalue weighted by Crippen LogP contribution is 2.25. The van der Waals surface area contributed by atoms with Crippen molar-refractivity contribution >= 4 is 34.1 Å². The molecule has 10 heteroatoms. The van der Waals surface area contributed by atoms with E-state index in [1.165, 1.54) is 33.5 Å². The summed E-state index contributed by atoms with van der Waals surface area (Å²) in [7, 11) is 0. The summed E-state index contributed by atoms with van der Waals surface area (Å²) in [5.74, 6) is -1.82. The van der Waals surface area contributed by atoms with E-state index in [0.29, 0.717) is 23.1 Å². The highest BCUT2D eigenvalue weighted by atomic mass is 32.1. The molecule has 1 aliphatic heterocycles. The number of halogens is 2. The molecule has 2 aromatic heterocycles. The highest BCUT2D eigenvalue weighted by Gasteiger charge is 2.31. The minimum Gasteiger partial charge on any atom is -0.463 e. The van der Waals surface area contributed by atoms with Crippen molar-refractivity contribution in [1.82, 2.24) is 9.88 Å². The first-order valence-electron chi connectivity index (χ1n) is 8.32. The number of nitrogens with one attached hydrogen (secondary N) is 1. The van der Waals surface area contributed by atoms with Crippen molar-refractivity contribution in [1.29, 1.82) is 0 Å². The Kier molecular flexibility index (Phi) is 4.78. The van der Waals surface area contributed by atoms with Gasteiger partial charge in [0.05, 0.1) is 6.26 Å². The molecular weight excluding hydrogens is 390 g/mol. The summed E-state index contributed by atoms with van der Waals surface area (Å²) < 4.78 is 31.7. The second-order valence-corrected chi connectivity index (χ2v) is 6.88. The Balaban J connectivity index is 1.37. The summed E-state index contributed by atoms with van der Waals surface area (Å²) in [6, 6.07) is 6.30. The Morgan fingerprint density at radius 2 is 2.11 bits per heavy atom. The average Bonchev–Trinajstić information content (AvgIpc) is 3.40. The van der Waals surface area contributed by atoms with Crippen LogP contribution in [0.2, 0.25) is 0 Å². The highest BCUT2D eigenvalue weighted by molar-refractivity contribution is 7.14. The first kappa shape index (κ1) is 18.1. The molecule has 3 aromatic rings. The zero-order chi connectivity index (χ0) is 19.7. The van der Waals surface area contributed by atoms with Crippen LogP contribution in [0.25, 0.3) is 11.5 Å². The fraction of sp³-hybridized carbons (Fsp3) is 0.167. The maximum Gasteiger partial charge on any atom is 0.325 e. The molecule has 0 radical (unpaired) electrons. The monoisotopic (exact) mass is 404 g/mol. The molecule has 28 heavy (non-hydrogen) atoms. The molecule has 0 atom stereocenters. The fourth-order valence-corrected chi connectivity index (χ4v) is 3.54. The Hall–Kier alpha value is -3.27. The van der Waals surface area contributed by atoms with Gasteiger partial charge in [-0.25, -0.2) is 18.6 Å². The van der Waals surface area contributed by atoms with Crippen LogP contribution in [0.15, 0.2) is 46.4 Å². The number of benzene rings is 1. The lowest BCUT2D eigenvalue weighted by Crippen LogP contribution is -2.37. The van der Waals surface area contributed by atoms with Crippen molar-refractivity contribution in [3.05, 3.63) is 53.6 Å². The minimum atomic E-state index is -1.03. The Morgan fingerprint density at radius 1 is 1.25 bits per heavy atom. The van der Waals surface area contributed by atoms with E-state index in [1.807, 2.05) is 0 Å². The van der Waals surface area contributed by atoms with Crippen LogP contribution >= 0.6 is 11.3 Å². The van der Waals surface area contributed by atoms with Gasteiger partial charge < -0.3 is 14.6 Å². The maximum atomic E-state index is 13.4. The number of rotatable bonds is 5. The minimum absolute atomic E-state index is 0.172. The number of nitrogens with zero attached hydrogens (tertiary/aromatic N) is 3. The summed E-state index contributed by atoms with van der Waals surface area (Å²) in [5, 5.41) is 4.79. The lowest BCUT2D eigenvalue weighted by Gasteiger charge is -2.18. The van der Waals surface area contributed by atoms with Crippen LogP contribution < -0.4 is 10.2 Å². The van der Waals surface area contributed by atoms with E-state index in [9.17, 15) is 18.4 Å². The molecule has 3 heterocycles. The smallest absolute Gasteiger partial charge is 0.325 e. The van der Waals surface area contributed by atoms with E-state index < -0.39 is 23.6 Å². The number of thiazole rings is 1. The van der Waals surface area contributed by atoms with Gasteiger partial charge in [0.1, 0.15) is 12.2 Å². The zero-order valence-corrected chi connectivity index (χ0v) is 15.2. The van der Waals surface area contributed by atoms with Crippen LogP contribution in [0.4, 0.5) is 24.4 Å². The molecule has 7 nitrogen and oxygen atoms in total. The van der Waals surface area contributed by atoms with Gasteiger partial charge >= 0.3 is 6.03 Å². The molecule has 1 fully saturated rings. The van der Waals surface area contributed by atoms with Crippen LogP contribution in [0, 0.1) is 11.6 Å². The van der Waals surface area contributed by atoms with Crippen molar-refractivity contribution in [2.75, 3.05) is 29.9 Å². The quantitative estimate of drug-likeness (QED) is 0.705. The standard InChI is InChI=1S/C18H14F2N4O3S/c19-12-4-3-11(8-13(12)20)24-6-5-23(18(24)26)9-16(25)22-17-21-14(10-28-17)15-2-1-7-27-15/h1-4,7-8,10H,5-6,9H2,(H,21,22,25). The third kappa shape index (κ3) is 3.58.